The standard InChI is InChI=1S/C23H25BrN4O2/c1-4-7-16-8-6-11-19(13-16)30-22-25-21-20(15-26(2)23(29)27(21)3)28(22)14-17-9-5-10-18(24)12-17/h5-6,8-13H,4,7,14-15H2,1-3H3. The fourth-order valence-corrected chi connectivity index (χ4v) is 4.18. The first-order valence-electron chi connectivity index (χ1n) is 10.1. The highest BCUT2D eigenvalue weighted by atomic mass is 79.9. The van der Waals surface area contributed by atoms with Gasteiger partial charge in [-0.05, 0) is 41.8 Å². The van der Waals surface area contributed by atoms with Crippen molar-refractivity contribution in [1.29, 1.82) is 0 Å². The molecule has 156 valence electrons. The van der Waals surface area contributed by atoms with E-state index in [1.165, 1.54) is 5.56 Å². The molecule has 0 aliphatic carbocycles. The van der Waals surface area contributed by atoms with Crippen molar-refractivity contribution in [1.82, 2.24) is 14.5 Å². The number of halogens is 1. The fourth-order valence-electron chi connectivity index (χ4n) is 3.73. The quantitative estimate of drug-likeness (QED) is 0.483. The Bertz CT molecular complexity index is 1080. The van der Waals surface area contributed by atoms with Gasteiger partial charge in [-0.15, -0.1) is 0 Å². The highest BCUT2D eigenvalue weighted by molar-refractivity contribution is 9.10. The zero-order chi connectivity index (χ0) is 21.3. The Morgan fingerprint density at radius 1 is 1.10 bits per heavy atom. The van der Waals surface area contributed by atoms with Crippen LogP contribution in [0.4, 0.5) is 10.6 Å². The summed E-state index contributed by atoms with van der Waals surface area (Å²) in [6, 6.07) is 16.7. The minimum atomic E-state index is -0.0777. The van der Waals surface area contributed by atoms with Crippen molar-refractivity contribution in [3.8, 4) is 11.8 Å². The topological polar surface area (TPSA) is 50.6 Å². The van der Waals surface area contributed by atoms with Crippen LogP contribution in [0.5, 0.6) is 11.8 Å². The lowest BCUT2D eigenvalue weighted by atomic mass is 10.1. The Hall–Kier alpha value is -2.80. The first-order chi connectivity index (χ1) is 14.5. The summed E-state index contributed by atoms with van der Waals surface area (Å²) < 4.78 is 9.33. The summed E-state index contributed by atoms with van der Waals surface area (Å²) >= 11 is 3.55. The normalized spacial score (nSPS) is 13.5. The third-order valence-corrected chi connectivity index (χ3v) is 5.70. The molecule has 4 rings (SSSR count). The number of aromatic nitrogens is 2. The fraction of sp³-hybridized carbons (Fsp3) is 0.304. The largest absolute Gasteiger partial charge is 0.425 e. The van der Waals surface area contributed by atoms with E-state index < -0.39 is 0 Å². The van der Waals surface area contributed by atoms with Crippen molar-refractivity contribution in [2.45, 2.75) is 32.9 Å². The van der Waals surface area contributed by atoms with E-state index in [-0.39, 0.29) is 6.03 Å². The summed E-state index contributed by atoms with van der Waals surface area (Å²) in [6.45, 7) is 3.25. The average Bonchev–Trinajstić information content (AvgIpc) is 3.04. The van der Waals surface area contributed by atoms with Crippen LogP contribution in [0, 0.1) is 0 Å². The molecular weight excluding hydrogens is 444 g/mol. The molecule has 0 spiro atoms. The maximum Gasteiger partial charge on any atom is 0.325 e. The van der Waals surface area contributed by atoms with Crippen molar-refractivity contribution in [3.05, 3.63) is 69.8 Å². The smallest absolute Gasteiger partial charge is 0.325 e. The van der Waals surface area contributed by atoms with E-state index >= 15 is 0 Å². The van der Waals surface area contributed by atoms with Crippen LogP contribution in [-0.4, -0.2) is 34.6 Å². The van der Waals surface area contributed by atoms with Gasteiger partial charge in [0.2, 0.25) is 0 Å². The molecule has 0 N–H and O–H groups in total. The molecule has 0 unspecified atom stereocenters. The number of anilines is 1. The van der Waals surface area contributed by atoms with Crippen LogP contribution in [-0.2, 0) is 19.5 Å². The van der Waals surface area contributed by atoms with Gasteiger partial charge in [0.15, 0.2) is 5.82 Å². The number of imidazole rings is 1. The van der Waals surface area contributed by atoms with Crippen LogP contribution in [0.2, 0.25) is 0 Å². The molecule has 6 nitrogen and oxygen atoms in total. The minimum Gasteiger partial charge on any atom is -0.425 e. The van der Waals surface area contributed by atoms with Gasteiger partial charge in [-0.1, -0.05) is 53.5 Å². The number of ether oxygens (including phenoxy) is 1. The van der Waals surface area contributed by atoms with Crippen molar-refractivity contribution >= 4 is 27.8 Å². The van der Waals surface area contributed by atoms with E-state index in [0.29, 0.717) is 24.9 Å². The van der Waals surface area contributed by atoms with Crippen molar-refractivity contribution in [2.75, 3.05) is 19.0 Å². The molecule has 1 aliphatic rings. The van der Waals surface area contributed by atoms with E-state index in [0.717, 1.165) is 34.3 Å². The number of urea groups is 1. The van der Waals surface area contributed by atoms with Gasteiger partial charge in [0, 0.05) is 18.6 Å². The van der Waals surface area contributed by atoms with E-state index in [2.05, 4.69) is 51.7 Å². The summed E-state index contributed by atoms with van der Waals surface area (Å²) in [5.41, 5.74) is 3.31. The second-order valence-corrected chi connectivity index (χ2v) is 8.49. The van der Waals surface area contributed by atoms with E-state index in [1.807, 2.05) is 24.3 Å². The number of aryl methyl sites for hydroxylation is 1. The molecule has 3 aromatic rings. The predicted octanol–water partition coefficient (Wildman–Crippen LogP) is 5.44. The lowest BCUT2D eigenvalue weighted by molar-refractivity contribution is 0.210. The summed E-state index contributed by atoms with van der Waals surface area (Å²) in [7, 11) is 3.55. The second-order valence-electron chi connectivity index (χ2n) is 7.58. The molecule has 2 aromatic carbocycles. The van der Waals surface area contributed by atoms with Crippen LogP contribution in [0.25, 0.3) is 0 Å². The molecule has 0 saturated carbocycles. The summed E-state index contributed by atoms with van der Waals surface area (Å²) in [4.78, 5) is 20.4. The first kappa shape index (κ1) is 20.5. The third-order valence-electron chi connectivity index (χ3n) is 5.21. The van der Waals surface area contributed by atoms with E-state index in [4.69, 9.17) is 9.72 Å². The van der Waals surface area contributed by atoms with Crippen molar-refractivity contribution in [2.24, 2.45) is 0 Å². The number of hydrogen-bond acceptors (Lipinski definition) is 3. The van der Waals surface area contributed by atoms with Gasteiger partial charge in [0.1, 0.15) is 5.75 Å². The van der Waals surface area contributed by atoms with Crippen molar-refractivity contribution in [3.63, 3.8) is 0 Å². The maximum atomic E-state index is 12.4. The SMILES string of the molecule is CCCc1cccc(Oc2nc3c(n2Cc2cccc(Br)c2)CN(C)C(=O)N3C)c1. The lowest BCUT2D eigenvalue weighted by Crippen LogP contribution is -2.43. The zero-order valence-electron chi connectivity index (χ0n) is 17.4. The highest BCUT2D eigenvalue weighted by Gasteiger charge is 2.32. The van der Waals surface area contributed by atoms with Gasteiger partial charge >= 0.3 is 12.0 Å². The zero-order valence-corrected chi connectivity index (χ0v) is 19.0. The van der Waals surface area contributed by atoms with Crippen LogP contribution in [0.15, 0.2) is 53.0 Å². The molecule has 0 radical (unpaired) electrons. The summed E-state index contributed by atoms with van der Waals surface area (Å²) in [6.07, 6.45) is 2.08. The molecule has 7 heteroatoms. The van der Waals surface area contributed by atoms with Gasteiger partial charge in [0.25, 0.3) is 0 Å². The molecule has 2 amide bonds. The number of amides is 2. The second kappa shape index (κ2) is 8.52. The van der Waals surface area contributed by atoms with Crippen LogP contribution in [0.3, 0.4) is 0 Å². The molecule has 30 heavy (non-hydrogen) atoms. The Morgan fingerprint density at radius 3 is 2.63 bits per heavy atom. The Kier molecular flexibility index (Phi) is 5.81. The molecular formula is C23H25BrN4O2. The Balaban J connectivity index is 1.75. The Labute approximate surface area is 185 Å². The number of carbonyl (C=O) groups is 1. The van der Waals surface area contributed by atoms with E-state index in [9.17, 15) is 4.79 Å². The summed E-state index contributed by atoms with van der Waals surface area (Å²) in [5, 5.41) is 0. The molecule has 2 heterocycles. The number of benzene rings is 2. The third kappa shape index (κ3) is 4.07. The van der Waals surface area contributed by atoms with Crippen LogP contribution >= 0.6 is 15.9 Å². The average molecular weight is 469 g/mol. The molecule has 0 atom stereocenters. The number of fused-ring (bicyclic) bond motifs is 1. The van der Waals surface area contributed by atoms with Gasteiger partial charge in [-0.2, -0.15) is 4.98 Å². The minimum absolute atomic E-state index is 0.0777. The first-order valence-corrected chi connectivity index (χ1v) is 10.8. The maximum absolute atomic E-state index is 12.4. The van der Waals surface area contributed by atoms with Gasteiger partial charge < -0.3 is 9.64 Å². The molecule has 1 aromatic heterocycles. The molecule has 1 aliphatic heterocycles. The van der Waals surface area contributed by atoms with Crippen LogP contribution < -0.4 is 9.64 Å². The Morgan fingerprint density at radius 2 is 1.87 bits per heavy atom. The predicted molar refractivity (Wildman–Crippen MR) is 121 cm³/mol. The van der Waals surface area contributed by atoms with Gasteiger partial charge in [-0.3, -0.25) is 9.47 Å². The summed E-state index contributed by atoms with van der Waals surface area (Å²) in [5.74, 6) is 1.40. The number of rotatable bonds is 6. The number of hydrogen-bond donors (Lipinski definition) is 0. The number of nitrogens with zero attached hydrogens (tertiary/aromatic N) is 4. The van der Waals surface area contributed by atoms with Crippen molar-refractivity contribution < 1.29 is 9.53 Å². The van der Waals surface area contributed by atoms with Gasteiger partial charge in [-0.25, -0.2) is 4.79 Å². The van der Waals surface area contributed by atoms with Crippen LogP contribution in [0.1, 0.15) is 30.2 Å². The van der Waals surface area contributed by atoms with Gasteiger partial charge in [0.05, 0.1) is 18.8 Å². The molecule has 0 saturated heterocycles. The molecule has 0 fully saturated rings. The number of carbonyl (C=O) groups excluding carboxylic acids is 1. The van der Waals surface area contributed by atoms with E-state index in [1.54, 1.807) is 23.9 Å². The lowest BCUT2D eigenvalue weighted by Gasteiger charge is -2.30. The molecule has 0 bridgehead atoms. The highest BCUT2D eigenvalue weighted by Crippen LogP contribution is 2.34. The monoisotopic (exact) mass is 468 g/mol.